The van der Waals surface area contributed by atoms with Crippen LogP contribution in [0.15, 0.2) is 0 Å². The lowest BCUT2D eigenvalue weighted by atomic mass is 9.99. The second kappa shape index (κ2) is 17.4. The standard InChI is InChI=1S/C23H43ClO4/c1-3-17-21(25)18-15-13-11-9-7-5-4-6-8-10-12-14-16-19-22(26)20(2)23(24,27)28/h20,27-28H,3-19H2,1-2H3. The normalized spacial score (nSPS) is 12.9. The molecule has 0 bridgehead atoms. The lowest BCUT2D eigenvalue weighted by Gasteiger charge is -2.20. The maximum atomic E-state index is 11.7. The van der Waals surface area contributed by atoms with Gasteiger partial charge in [-0.1, -0.05) is 89.2 Å². The Labute approximate surface area is 177 Å². The molecule has 2 N–H and O–H groups in total. The monoisotopic (exact) mass is 418 g/mol. The Morgan fingerprint density at radius 1 is 0.714 bits per heavy atom. The van der Waals surface area contributed by atoms with Gasteiger partial charge in [-0.15, -0.1) is 0 Å². The fraction of sp³-hybridized carbons (Fsp3) is 0.913. The topological polar surface area (TPSA) is 74.6 Å². The number of alkyl halides is 1. The molecule has 0 aromatic heterocycles. The number of carbonyl (C=O) groups is 2. The Kier molecular flexibility index (Phi) is 17.1. The van der Waals surface area contributed by atoms with Crippen LogP contribution in [0.25, 0.3) is 0 Å². The molecule has 0 radical (unpaired) electrons. The van der Waals surface area contributed by atoms with E-state index in [-0.39, 0.29) is 5.78 Å². The van der Waals surface area contributed by atoms with Gasteiger partial charge in [-0.05, 0) is 26.2 Å². The van der Waals surface area contributed by atoms with Gasteiger partial charge in [0, 0.05) is 19.3 Å². The van der Waals surface area contributed by atoms with Gasteiger partial charge in [0.15, 0.2) is 0 Å². The molecule has 0 aliphatic rings. The van der Waals surface area contributed by atoms with E-state index in [1.54, 1.807) is 0 Å². The summed E-state index contributed by atoms with van der Waals surface area (Å²) in [6.07, 6.45) is 18.3. The summed E-state index contributed by atoms with van der Waals surface area (Å²) >= 11 is 5.34. The van der Waals surface area contributed by atoms with Gasteiger partial charge in [-0.2, -0.15) is 0 Å². The van der Waals surface area contributed by atoms with Crippen LogP contribution in [0.4, 0.5) is 0 Å². The molecule has 0 spiro atoms. The van der Waals surface area contributed by atoms with E-state index >= 15 is 0 Å². The molecule has 0 aromatic rings. The molecule has 0 aliphatic heterocycles. The van der Waals surface area contributed by atoms with Gasteiger partial charge < -0.3 is 10.2 Å². The quantitative estimate of drug-likeness (QED) is 0.138. The van der Waals surface area contributed by atoms with Crippen molar-refractivity contribution >= 4 is 23.2 Å². The summed E-state index contributed by atoms with van der Waals surface area (Å²) in [5, 5.41) is 16.0. The highest BCUT2D eigenvalue weighted by molar-refractivity contribution is 6.23. The summed E-state index contributed by atoms with van der Waals surface area (Å²) in [6, 6.07) is 0. The van der Waals surface area contributed by atoms with Gasteiger partial charge in [-0.25, -0.2) is 0 Å². The first-order valence-electron chi connectivity index (χ1n) is 11.5. The van der Waals surface area contributed by atoms with Gasteiger partial charge in [0.1, 0.15) is 11.6 Å². The highest BCUT2D eigenvalue weighted by Crippen LogP contribution is 2.22. The van der Waals surface area contributed by atoms with Crippen LogP contribution in [0.1, 0.15) is 123 Å². The van der Waals surface area contributed by atoms with Crippen molar-refractivity contribution in [1.82, 2.24) is 0 Å². The van der Waals surface area contributed by atoms with E-state index in [4.69, 9.17) is 11.6 Å². The molecule has 0 rings (SSSR count). The molecule has 28 heavy (non-hydrogen) atoms. The SMILES string of the molecule is CCCC(=O)CCCCCCCCCCCCCCCC(=O)C(C)C(O)(O)Cl. The lowest BCUT2D eigenvalue weighted by Crippen LogP contribution is -2.34. The van der Waals surface area contributed by atoms with E-state index < -0.39 is 11.2 Å². The van der Waals surface area contributed by atoms with E-state index in [0.717, 1.165) is 44.9 Å². The van der Waals surface area contributed by atoms with Gasteiger partial charge in [0.25, 0.3) is 5.25 Å². The molecule has 1 unspecified atom stereocenters. The van der Waals surface area contributed by atoms with E-state index in [0.29, 0.717) is 12.2 Å². The van der Waals surface area contributed by atoms with E-state index in [1.165, 1.54) is 64.7 Å². The Balaban J connectivity index is 3.28. The van der Waals surface area contributed by atoms with Crippen LogP contribution < -0.4 is 0 Å². The van der Waals surface area contributed by atoms with Crippen LogP contribution in [0.2, 0.25) is 0 Å². The summed E-state index contributed by atoms with van der Waals surface area (Å²) in [6.45, 7) is 3.51. The van der Waals surface area contributed by atoms with Crippen LogP contribution in [-0.2, 0) is 9.59 Å². The van der Waals surface area contributed by atoms with Crippen molar-refractivity contribution in [3.05, 3.63) is 0 Å². The lowest BCUT2D eigenvalue weighted by molar-refractivity contribution is -0.151. The number of carbonyl (C=O) groups excluding carboxylic acids is 2. The molecule has 166 valence electrons. The van der Waals surface area contributed by atoms with Crippen molar-refractivity contribution < 1.29 is 19.8 Å². The first-order chi connectivity index (χ1) is 13.3. The minimum Gasteiger partial charge on any atom is -0.353 e. The van der Waals surface area contributed by atoms with Crippen molar-refractivity contribution in [2.45, 2.75) is 128 Å². The average molecular weight is 419 g/mol. The molecule has 0 fully saturated rings. The van der Waals surface area contributed by atoms with Crippen LogP contribution in [0, 0.1) is 5.92 Å². The van der Waals surface area contributed by atoms with Gasteiger partial charge in [0.2, 0.25) is 0 Å². The molecule has 4 nitrogen and oxygen atoms in total. The first-order valence-corrected chi connectivity index (χ1v) is 11.8. The Hall–Kier alpha value is -0.450. The number of hydrogen-bond donors (Lipinski definition) is 2. The zero-order valence-electron chi connectivity index (χ0n) is 18.2. The Morgan fingerprint density at radius 2 is 1.07 bits per heavy atom. The van der Waals surface area contributed by atoms with Crippen molar-refractivity contribution in [2.75, 3.05) is 0 Å². The van der Waals surface area contributed by atoms with E-state index in [1.807, 2.05) is 0 Å². The zero-order valence-corrected chi connectivity index (χ0v) is 18.9. The molecule has 5 heteroatoms. The molecule has 0 heterocycles. The number of aliphatic hydroxyl groups is 2. The van der Waals surface area contributed by atoms with Crippen LogP contribution in [0.5, 0.6) is 0 Å². The molecule has 1 atom stereocenters. The van der Waals surface area contributed by atoms with Crippen LogP contribution in [0.3, 0.4) is 0 Å². The van der Waals surface area contributed by atoms with Crippen LogP contribution in [-0.4, -0.2) is 27.0 Å². The van der Waals surface area contributed by atoms with Crippen molar-refractivity contribution in [3.8, 4) is 0 Å². The van der Waals surface area contributed by atoms with Gasteiger partial charge >= 0.3 is 0 Å². The summed E-state index contributed by atoms with van der Waals surface area (Å²) in [4.78, 5) is 23.2. The minimum atomic E-state index is -2.43. The highest BCUT2D eigenvalue weighted by Gasteiger charge is 2.33. The predicted octanol–water partition coefficient (Wildman–Crippen LogP) is 6.29. The predicted molar refractivity (Wildman–Crippen MR) is 116 cm³/mol. The number of ketones is 2. The second-order valence-corrected chi connectivity index (χ2v) is 8.77. The number of hydrogen-bond acceptors (Lipinski definition) is 4. The molecule has 0 aromatic carbocycles. The Morgan fingerprint density at radius 3 is 1.43 bits per heavy atom. The fourth-order valence-electron chi connectivity index (χ4n) is 3.39. The van der Waals surface area contributed by atoms with Crippen molar-refractivity contribution in [1.29, 1.82) is 0 Å². The van der Waals surface area contributed by atoms with Crippen molar-refractivity contribution in [2.24, 2.45) is 5.92 Å². The third-order valence-electron chi connectivity index (χ3n) is 5.44. The highest BCUT2D eigenvalue weighted by atomic mass is 35.5. The van der Waals surface area contributed by atoms with E-state index in [9.17, 15) is 19.8 Å². The third kappa shape index (κ3) is 16.5. The molecular weight excluding hydrogens is 376 g/mol. The first kappa shape index (κ1) is 27.5. The van der Waals surface area contributed by atoms with Gasteiger partial charge in [0.05, 0.1) is 5.92 Å². The average Bonchev–Trinajstić information content (AvgIpc) is 2.63. The Bertz CT molecular complexity index is 404. The maximum absolute atomic E-state index is 11.7. The number of halogens is 1. The molecular formula is C23H43ClO4. The minimum absolute atomic E-state index is 0.187. The summed E-state index contributed by atoms with van der Waals surface area (Å²) in [5.74, 6) is -0.707. The summed E-state index contributed by atoms with van der Waals surface area (Å²) in [5.41, 5.74) is 0. The fourth-order valence-corrected chi connectivity index (χ4v) is 3.51. The maximum Gasteiger partial charge on any atom is 0.253 e. The third-order valence-corrected chi connectivity index (χ3v) is 5.77. The summed E-state index contributed by atoms with van der Waals surface area (Å²) < 4.78 is 0. The van der Waals surface area contributed by atoms with E-state index in [2.05, 4.69) is 6.92 Å². The summed E-state index contributed by atoms with van der Waals surface area (Å²) in [7, 11) is 0. The number of unbranched alkanes of at least 4 members (excludes halogenated alkanes) is 12. The largest absolute Gasteiger partial charge is 0.353 e. The molecule has 0 saturated heterocycles. The van der Waals surface area contributed by atoms with Crippen LogP contribution >= 0.6 is 11.6 Å². The second-order valence-electron chi connectivity index (χ2n) is 8.21. The number of Topliss-reactive ketones (excluding diaryl/α,β-unsaturated/α-hetero) is 2. The van der Waals surface area contributed by atoms with Gasteiger partial charge in [-0.3, -0.25) is 9.59 Å². The molecule has 0 saturated carbocycles. The molecule has 0 amide bonds. The molecule has 0 aliphatic carbocycles. The number of rotatable bonds is 20. The van der Waals surface area contributed by atoms with Crippen molar-refractivity contribution in [3.63, 3.8) is 0 Å². The zero-order chi connectivity index (χ0) is 21.3. The smallest absolute Gasteiger partial charge is 0.253 e.